The molecule has 1 fully saturated rings. The van der Waals surface area contributed by atoms with E-state index in [9.17, 15) is 14.4 Å². The summed E-state index contributed by atoms with van der Waals surface area (Å²) in [5, 5.41) is 2.23. The Hall–Kier alpha value is -2.48. The van der Waals surface area contributed by atoms with E-state index in [2.05, 4.69) is 27.9 Å². The van der Waals surface area contributed by atoms with Gasteiger partial charge in [0.2, 0.25) is 0 Å². The van der Waals surface area contributed by atoms with E-state index in [1.165, 1.54) is 6.08 Å². The highest BCUT2D eigenvalue weighted by Crippen LogP contribution is 2.23. The van der Waals surface area contributed by atoms with Crippen LogP contribution in [0.4, 0.5) is 10.5 Å². The van der Waals surface area contributed by atoms with Crippen LogP contribution in [0.15, 0.2) is 54.1 Å². The molecular weight excluding hydrogens is 431 g/mol. The first kappa shape index (κ1) is 17.3. The van der Waals surface area contributed by atoms with Crippen molar-refractivity contribution in [1.29, 1.82) is 0 Å². The zero-order valence-electron chi connectivity index (χ0n) is 13.5. The number of hydrogen-bond acceptors (Lipinski definition) is 3. The van der Waals surface area contributed by atoms with Crippen molar-refractivity contribution >= 4 is 52.2 Å². The molecule has 1 N–H and O–H groups in total. The van der Waals surface area contributed by atoms with Crippen LogP contribution in [0.1, 0.15) is 18.1 Å². The smallest absolute Gasteiger partial charge is 0.273 e. The number of hydrogen-bond donors (Lipinski definition) is 1. The number of carbonyl (C=O) groups excluding carboxylic acids is 3. The number of carbonyl (C=O) groups is 3. The Bertz CT molecular complexity index is 888. The molecule has 2 aromatic rings. The number of rotatable bonds is 3. The molecule has 2 aromatic carbocycles. The lowest BCUT2D eigenvalue weighted by atomic mass is 10.1. The van der Waals surface area contributed by atoms with E-state index >= 15 is 0 Å². The summed E-state index contributed by atoms with van der Waals surface area (Å²) < 4.78 is 0.906. The number of benzene rings is 2. The minimum Gasteiger partial charge on any atom is -0.273 e. The van der Waals surface area contributed by atoms with E-state index in [4.69, 9.17) is 0 Å². The molecule has 0 saturated carbocycles. The molecule has 1 heterocycles. The van der Waals surface area contributed by atoms with Gasteiger partial charge in [-0.2, -0.15) is 0 Å². The fraction of sp³-hybridized carbons (Fsp3) is 0.105. The van der Waals surface area contributed by atoms with Gasteiger partial charge < -0.3 is 0 Å². The third-order valence-electron chi connectivity index (χ3n) is 3.91. The maximum absolute atomic E-state index is 12.8. The van der Waals surface area contributed by atoms with Crippen LogP contribution < -0.4 is 10.2 Å². The van der Waals surface area contributed by atoms with Gasteiger partial charge in [0.25, 0.3) is 11.8 Å². The Morgan fingerprint density at radius 1 is 1.04 bits per heavy atom. The molecule has 1 aliphatic heterocycles. The van der Waals surface area contributed by atoms with E-state index in [0.717, 1.165) is 26.0 Å². The topological polar surface area (TPSA) is 66.5 Å². The van der Waals surface area contributed by atoms with Crippen molar-refractivity contribution in [3.63, 3.8) is 0 Å². The van der Waals surface area contributed by atoms with E-state index in [1.807, 2.05) is 43.3 Å². The summed E-state index contributed by atoms with van der Waals surface area (Å²) in [6.07, 6.45) is 2.37. The minimum absolute atomic E-state index is 0.0664. The Morgan fingerprint density at radius 2 is 1.72 bits per heavy atom. The van der Waals surface area contributed by atoms with Gasteiger partial charge >= 0.3 is 6.03 Å². The number of barbiturate groups is 1. The van der Waals surface area contributed by atoms with Gasteiger partial charge in [-0.25, -0.2) is 9.69 Å². The normalized spacial score (nSPS) is 16.3. The molecule has 0 atom stereocenters. The van der Waals surface area contributed by atoms with Gasteiger partial charge in [-0.3, -0.25) is 14.9 Å². The summed E-state index contributed by atoms with van der Waals surface area (Å²) >= 11 is 2.13. The standard InChI is InChI=1S/C19H15IN2O3/c1-2-12-7-9-14(10-8-12)22-18(24)15(17(23)21-19(22)25)11-13-5-3-4-6-16(13)20/h3-11H,2H2,1H3,(H,21,23,25)/b15-11+. The van der Waals surface area contributed by atoms with Crippen molar-refractivity contribution in [3.8, 4) is 0 Å². The van der Waals surface area contributed by atoms with Crippen LogP contribution in [0, 0.1) is 3.57 Å². The highest BCUT2D eigenvalue weighted by Gasteiger charge is 2.36. The van der Waals surface area contributed by atoms with Crippen molar-refractivity contribution in [2.24, 2.45) is 0 Å². The Morgan fingerprint density at radius 3 is 2.36 bits per heavy atom. The number of aryl methyl sites for hydroxylation is 1. The number of halogens is 1. The van der Waals surface area contributed by atoms with Gasteiger partial charge in [0, 0.05) is 3.57 Å². The first-order valence-corrected chi connectivity index (χ1v) is 8.84. The minimum atomic E-state index is -0.737. The van der Waals surface area contributed by atoms with E-state index in [1.54, 1.807) is 12.1 Å². The highest BCUT2D eigenvalue weighted by molar-refractivity contribution is 14.1. The van der Waals surface area contributed by atoms with Gasteiger partial charge in [-0.1, -0.05) is 37.3 Å². The lowest BCUT2D eigenvalue weighted by molar-refractivity contribution is -0.122. The lowest BCUT2D eigenvalue weighted by Gasteiger charge is -2.26. The molecule has 0 aliphatic carbocycles. The Balaban J connectivity index is 2.01. The molecular formula is C19H15IN2O3. The molecule has 1 saturated heterocycles. The average molecular weight is 446 g/mol. The fourth-order valence-electron chi connectivity index (χ4n) is 2.52. The van der Waals surface area contributed by atoms with E-state index in [-0.39, 0.29) is 5.57 Å². The number of amides is 4. The molecule has 6 heteroatoms. The van der Waals surface area contributed by atoms with Crippen LogP contribution in [-0.2, 0) is 16.0 Å². The number of nitrogens with one attached hydrogen (secondary N) is 1. The highest BCUT2D eigenvalue weighted by atomic mass is 127. The molecule has 0 bridgehead atoms. The maximum atomic E-state index is 12.8. The second kappa shape index (κ2) is 7.18. The lowest BCUT2D eigenvalue weighted by Crippen LogP contribution is -2.54. The molecule has 0 unspecified atom stereocenters. The predicted octanol–water partition coefficient (Wildman–Crippen LogP) is 3.52. The van der Waals surface area contributed by atoms with Crippen LogP contribution >= 0.6 is 22.6 Å². The first-order valence-electron chi connectivity index (χ1n) is 7.76. The third-order valence-corrected chi connectivity index (χ3v) is 4.89. The first-order chi connectivity index (χ1) is 12.0. The SMILES string of the molecule is CCc1ccc(N2C(=O)NC(=O)/C(=C\c3ccccc3I)C2=O)cc1. The molecule has 126 valence electrons. The van der Waals surface area contributed by atoms with Crippen LogP contribution in [0.2, 0.25) is 0 Å². The van der Waals surface area contributed by atoms with E-state index in [0.29, 0.717) is 5.69 Å². The monoisotopic (exact) mass is 446 g/mol. The van der Waals surface area contributed by atoms with Crippen molar-refractivity contribution < 1.29 is 14.4 Å². The van der Waals surface area contributed by atoms with Gasteiger partial charge in [-0.05, 0) is 64.4 Å². The second-order valence-corrected chi connectivity index (χ2v) is 6.66. The van der Waals surface area contributed by atoms with E-state index < -0.39 is 17.8 Å². The summed E-state index contributed by atoms with van der Waals surface area (Å²) in [7, 11) is 0. The van der Waals surface area contributed by atoms with Crippen molar-refractivity contribution in [2.45, 2.75) is 13.3 Å². The molecule has 25 heavy (non-hydrogen) atoms. The van der Waals surface area contributed by atoms with Crippen LogP contribution in [0.25, 0.3) is 6.08 Å². The molecule has 0 radical (unpaired) electrons. The summed E-state index contributed by atoms with van der Waals surface area (Å²) in [4.78, 5) is 38.1. The molecule has 4 amide bonds. The third kappa shape index (κ3) is 3.48. The van der Waals surface area contributed by atoms with Gasteiger partial charge in [-0.15, -0.1) is 0 Å². The van der Waals surface area contributed by atoms with Crippen molar-refractivity contribution in [2.75, 3.05) is 4.90 Å². The fourth-order valence-corrected chi connectivity index (χ4v) is 3.06. The number of urea groups is 1. The van der Waals surface area contributed by atoms with Crippen molar-refractivity contribution in [3.05, 3.63) is 68.8 Å². The Kier molecular flexibility index (Phi) is 4.98. The van der Waals surface area contributed by atoms with Gasteiger partial charge in [0.05, 0.1) is 5.69 Å². The van der Waals surface area contributed by atoms with Gasteiger partial charge in [0.1, 0.15) is 5.57 Å². The van der Waals surface area contributed by atoms with Crippen LogP contribution in [0.3, 0.4) is 0 Å². The van der Waals surface area contributed by atoms with Gasteiger partial charge in [0.15, 0.2) is 0 Å². The molecule has 0 spiro atoms. The molecule has 5 nitrogen and oxygen atoms in total. The Labute approximate surface area is 158 Å². The zero-order chi connectivity index (χ0) is 18.0. The number of anilines is 1. The van der Waals surface area contributed by atoms with Crippen LogP contribution in [0.5, 0.6) is 0 Å². The second-order valence-electron chi connectivity index (χ2n) is 5.50. The predicted molar refractivity (Wildman–Crippen MR) is 104 cm³/mol. The van der Waals surface area contributed by atoms with Crippen LogP contribution in [-0.4, -0.2) is 17.8 Å². The quantitative estimate of drug-likeness (QED) is 0.446. The number of nitrogens with zero attached hydrogens (tertiary/aromatic N) is 1. The summed E-state index contributed by atoms with van der Waals surface area (Å²) in [6.45, 7) is 2.02. The maximum Gasteiger partial charge on any atom is 0.335 e. The summed E-state index contributed by atoms with van der Waals surface area (Å²) in [5.74, 6) is -1.31. The van der Waals surface area contributed by atoms with Crippen molar-refractivity contribution in [1.82, 2.24) is 5.32 Å². The molecule has 3 rings (SSSR count). The summed E-state index contributed by atoms with van der Waals surface area (Å²) in [6, 6.07) is 13.8. The summed E-state index contributed by atoms with van der Waals surface area (Å²) in [5.41, 5.74) is 2.21. The number of imide groups is 2. The zero-order valence-corrected chi connectivity index (χ0v) is 15.6. The molecule has 1 aliphatic rings. The largest absolute Gasteiger partial charge is 0.335 e. The average Bonchev–Trinajstić information content (AvgIpc) is 2.60. The molecule has 0 aromatic heterocycles.